The van der Waals surface area contributed by atoms with Crippen molar-refractivity contribution in [3.8, 4) is 0 Å². The molecule has 3 rings (SSSR count). The molecule has 0 aliphatic carbocycles. The molecule has 1 aliphatic heterocycles. The maximum absolute atomic E-state index is 5.70. The highest BCUT2D eigenvalue weighted by Gasteiger charge is 2.21. The zero-order chi connectivity index (χ0) is 15.7. The molecular formula is C19H22N2S. The molecule has 0 saturated heterocycles. The van der Waals surface area contributed by atoms with Crippen LogP contribution in [-0.4, -0.2) is 11.7 Å². The number of benzene rings is 2. The first-order valence-corrected chi connectivity index (χ1v) is 8.21. The monoisotopic (exact) mass is 310 g/mol. The second kappa shape index (κ2) is 6.09. The van der Waals surface area contributed by atoms with Crippen LogP contribution < -0.4 is 10.2 Å². The van der Waals surface area contributed by atoms with Crippen LogP contribution >= 0.6 is 12.2 Å². The number of hydrogen-bond acceptors (Lipinski definition) is 1. The number of nitrogens with one attached hydrogen (secondary N) is 1. The lowest BCUT2D eigenvalue weighted by molar-refractivity contribution is 0.777. The summed E-state index contributed by atoms with van der Waals surface area (Å²) in [6, 6.07) is 12.9. The van der Waals surface area contributed by atoms with Crippen LogP contribution in [0.2, 0.25) is 0 Å². The minimum Gasteiger partial charge on any atom is -0.332 e. The number of rotatable bonds is 1. The molecule has 2 aromatic carbocycles. The molecule has 0 unspecified atom stereocenters. The van der Waals surface area contributed by atoms with Gasteiger partial charge in [-0.25, -0.2) is 0 Å². The van der Waals surface area contributed by atoms with Gasteiger partial charge in [0.15, 0.2) is 5.11 Å². The largest absolute Gasteiger partial charge is 0.332 e. The SMILES string of the molecule is Cc1ccc(NC(=S)N2CCCc3cccc(C)c32)c(C)c1. The molecule has 1 heterocycles. The van der Waals surface area contributed by atoms with Gasteiger partial charge in [-0.1, -0.05) is 35.9 Å². The van der Waals surface area contributed by atoms with Gasteiger partial charge in [-0.2, -0.15) is 0 Å². The van der Waals surface area contributed by atoms with Crippen molar-refractivity contribution < 1.29 is 0 Å². The Balaban J connectivity index is 1.88. The van der Waals surface area contributed by atoms with E-state index in [4.69, 9.17) is 12.2 Å². The number of fused-ring (bicyclic) bond motifs is 1. The fourth-order valence-electron chi connectivity index (χ4n) is 3.19. The number of para-hydroxylation sites is 1. The average molecular weight is 310 g/mol. The van der Waals surface area contributed by atoms with Gasteiger partial charge in [0.1, 0.15) is 0 Å². The lowest BCUT2D eigenvalue weighted by atomic mass is 9.99. The minimum absolute atomic E-state index is 0.794. The summed E-state index contributed by atoms with van der Waals surface area (Å²) in [4.78, 5) is 2.25. The van der Waals surface area contributed by atoms with Crippen molar-refractivity contribution in [2.24, 2.45) is 0 Å². The standard InChI is InChI=1S/C19H22N2S/c1-13-9-10-17(15(3)12-13)20-19(22)21-11-5-8-16-7-4-6-14(2)18(16)21/h4,6-7,9-10,12H,5,8,11H2,1-3H3,(H,20,22). The van der Waals surface area contributed by atoms with Gasteiger partial charge < -0.3 is 10.2 Å². The van der Waals surface area contributed by atoms with Crippen molar-refractivity contribution in [1.82, 2.24) is 0 Å². The third-order valence-corrected chi connectivity index (χ3v) is 4.61. The molecule has 1 aliphatic rings. The molecule has 0 atom stereocenters. The smallest absolute Gasteiger partial charge is 0.177 e. The summed E-state index contributed by atoms with van der Waals surface area (Å²) in [5.41, 5.74) is 7.57. The fraction of sp³-hybridized carbons (Fsp3) is 0.316. The second-order valence-electron chi connectivity index (χ2n) is 6.09. The summed E-state index contributed by atoms with van der Waals surface area (Å²) in [6.07, 6.45) is 2.28. The third kappa shape index (κ3) is 2.86. The predicted octanol–water partition coefficient (Wildman–Crippen LogP) is 4.76. The molecule has 114 valence electrons. The molecular weight excluding hydrogens is 288 g/mol. The van der Waals surface area contributed by atoms with Crippen molar-refractivity contribution in [3.63, 3.8) is 0 Å². The molecule has 0 spiro atoms. The van der Waals surface area contributed by atoms with Gasteiger partial charge in [-0.15, -0.1) is 0 Å². The van der Waals surface area contributed by atoms with Gasteiger partial charge in [0.2, 0.25) is 0 Å². The number of thiocarbonyl (C=S) groups is 1. The highest BCUT2D eigenvalue weighted by atomic mass is 32.1. The molecule has 0 aromatic heterocycles. The Hall–Kier alpha value is -1.87. The van der Waals surface area contributed by atoms with Gasteiger partial charge in [-0.3, -0.25) is 0 Å². The molecule has 2 nitrogen and oxygen atoms in total. The van der Waals surface area contributed by atoms with Crippen LogP contribution in [0.5, 0.6) is 0 Å². The van der Waals surface area contributed by atoms with Crippen LogP contribution in [0.3, 0.4) is 0 Å². The van der Waals surface area contributed by atoms with Crippen molar-refractivity contribution in [2.45, 2.75) is 33.6 Å². The van der Waals surface area contributed by atoms with E-state index in [0.717, 1.165) is 30.2 Å². The normalized spacial score (nSPS) is 13.7. The van der Waals surface area contributed by atoms with E-state index in [1.165, 1.54) is 27.9 Å². The minimum atomic E-state index is 0.794. The van der Waals surface area contributed by atoms with Gasteiger partial charge in [0, 0.05) is 17.9 Å². The first-order valence-electron chi connectivity index (χ1n) is 7.80. The number of hydrogen-bond donors (Lipinski definition) is 1. The van der Waals surface area contributed by atoms with Gasteiger partial charge >= 0.3 is 0 Å². The molecule has 22 heavy (non-hydrogen) atoms. The Kier molecular flexibility index (Phi) is 4.16. The topological polar surface area (TPSA) is 15.3 Å². The van der Waals surface area contributed by atoms with Crippen molar-refractivity contribution in [1.29, 1.82) is 0 Å². The first kappa shape index (κ1) is 15.0. The van der Waals surface area contributed by atoms with E-state index in [1.54, 1.807) is 0 Å². The molecule has 0 amide bonds. The molecule has 3 heteroatoms. The van der Waals surface area contributed by atoms with Crippen LogP contribution in [0, 0.1) is 20.8 Å². The Bertz CT molecular complexity index is 721. The Labute approximate surface area is 138 Å². The van der Waals surface area contributed by atoms with Crippen LogP contribution in [0.25, 0.3) is 0 Å². The van der Waals surface area contributed by atoms with Crippen molar-refractivity contribution >= 4 is 28.7 Å². The van der Waals surface area contributed by atoms with E-state index in [2.05, 4.69) is 67.4 Å². The van der Waals surface area contributed by atoms with Gasteiger partial charge in [0.05, 0.1) is 0 Å². The van der Waals surface area contributed by atoms with E-state index < -0.39 is 0 Å². The zero-order valence-corrected chi connectivity index (χ0v) is 14.3. The summed E-state index contributed by atoms with van der Waals surface area (Å²) in [5.74, 6) is 0. The molecule has 2 aromatic rings. The molecule has 0 radical (unpaired) electrons. The van der Waals surface area contributed by atoms with Gasteiger partial charge in [0.25, 0.3) is 0 Å². The van der Waals surface area contributed by atoms with Crippen LogP contribution in [0.15, 0.2) is 36.4 Å². The lowest BCUT2D eigenvalue weighted by Gasteiger charge is -2.33. The molecule has 0 fully saturated rings. The Morgan fingerprint density at radius 1 is 1.09 bits per heavy atom. The summed E-state index contributed by atoms with van der Waals surface area (Å²) < 4.78 is 0. The van der Waals surface area contributed by atoms with E-state index >= 15 is 0 Å². The molecule has 0 bridgehead atoms. The number of nitrogens with zero attached hydrogens (tertiary/aromatic N) is 1. The van der Waals surface area contributed by atoms with E-state index in [-0.39, 0.29) is 0 Å². The first-order chi connectivity index (χ1) is 10.6. The molecule has 0 saturated carbocycles. The maximum atomic E-state index is 5.70. The zero-order valence-electron chi connectivity index (χ0n) is 13.4. The highest BCUT2D eigenvalue weighted by Crippen LogP contribution is 2.31. The van der Waals surface area contributed by atoms with Crippen molar-refractivity contribution in [2.75, 3.05) is 16.8 Å². The summed E-state index contributed by atoms with van der Waals surface area (Å²) in [7, 11) is 0. The second-order valence-corrected chi connectivity index (χ2v) is 6.47. The van der Waals surface area contributed by atoms with Crippen molar-refractivity contribution in [3.05, 3.63) is 58.7 Å². The van der Waals surface area contributed by atoms with Gasteiger partial charge in [-0.05, 0) is 68.6 Å². The lowest BCUT2D eigenvalue weighted by Crippen LogP contribution is -2.39. The Morgan fingerprint density at radius 2 is 1.91 bits per heavy atom. The van der Waals surface area contributed by atoms with E-state index in [1.807, 2.05) is 0 Å². The summed E-state index contributed by atoms with van der Waals surface area (Å²) >= 11 is 5.70. The van der Waals surface area contributed by atoms with E-state index in [0.29, 0.717) is 0 Å². The highest BCUT2D eigenvalue weighted by molar-refractivity contribution is 7.80. The predicted molar refractivity (Wildman–Crippen MR) is 99.0 cm³/mol. The quantitative estimate of drug-likeness (QED) is 0.764. The summed E-state index contributed by atoms with van der Waals surface area (Å²) in [6.45, 7) is 7.37. The average Bonchev–Trinajstić information content (AvgIpc) is 2.50. The van der Waals surface area contributed by atoms with E-state index in [9.17, 15) is 0 Å². The van der Waals surface area contributed by atoms with Crippen LogP contribution in [-0.2, 0) is 6.42 Å². The number of aryl methyl sites for hydroxylation is 4. The fourth-order valence-corrected chi connectivity index (χ4v) is 3.48. The van der Waals surface area contributed by atoms with Crippen LogP contribution in [0.4, 0.5) is 11.4 Å². The third-order valence-electron chi connectivity index (χ3n) is 4.29. The molecule has 1 N–H and O–H groups in total. The summed E-state index contributed by atoms with van der Waals surface area (Å²) in [5, 5.41) is 4.23. The van der Waals surface area contributed by atoms with Crippen LogP contribution in [0.1, 0.15) is 28.7 Å². The number of anilines is 2. The Morgan fingerprint density at radius 3 is 2.68 bits per heavy atom. The maximum Gasteiger partial charge on any atom is 0.177 e.